The molecule has 0 aromatic heterocycles. The van der Waals surface area contributed by atoms with Gasteiger partial charge in [0.05, 0.1) is 11.1 Å². The Bertz CT molecular complexity index is 465. The second kappa shape index (κ2) is 5.21. The molecule has 0 spiro atoms. The van der Waals surface area contributed by atoms with E-state index in [2.05, 4.69) is 0 Å². The molecular weight excluding hydrogens is 257 g/mol. The number of amides is 1. The van der Waals surface area contributed by atoms with Crippen molar-refractivity contribution in [1.29, 1.82) is 0 Å². The van der Waals surface area contributed by atoms with Gasteiger partial charge in [-0.3, -0.25) is 4.79 Å². The molecule has 1 amide bonds. The van der Waals surface area contributed by atoms with Gasteiger partial charge in [-0.25, -0.2) is 0 Å². The summed E-state index contributed by atoms with van der Waals surface area (Å²) in [5.41, 5.74) is 4.55. The van der Waals surface area contributed by atoms with E-state index in [4.69, 9.17) is 5.73 Å². The summed E-state index contributed by atoms with van der Waals surface area (Å²) in [6.45, 7) is 0.818. The average Bonchev–Trinajstić information content (AvgIpc) is 2.38. The third-order valence-electron chi connectivity index (χ3n) is 3.29. The van der Waals surface area contributed by atoms with Crippen molar-refractivity contribution in [2.75, 3.05) is 13.1 Å². The van der Waals surface area contributed by atoms with Gasteiger partial charge in [-0.1, -0.05) is 12.1 Å². The van der Waals surface area contributed by atoms with Gasteiger partial charge in [0.25, 0.3) is 5.91 Å². The van der Waals surface area contributed by atoms with Crippen molar-refractivity contribution in [3.63, 3.8) is 0 Å². The quantitative estimate of drug-likeness (QED) is 0.852. The summed E-state index contributed by atoms with van der Waals surface area (Å²) in [5, 5.41) is 0. The van der Waals surface area contributed by atoms with Crippen molar-refractivity contribution in [2.24, 2.45) is 5.73 Å². The number of hydrogen-bond donors (Lipinski definition) is 1. The first-order valence-electron chi connectivity index (χ1n) is 6.10. The molecule has 0 aliphatic carbocycles. The van der Waals surface area contributed by atoms with Gasteiger partial charge in [0.15, 0.2) is 0 Å². The van der Waals surface area contributed by atoms with E-state index in [-0.39, 0.29) is 11.6 Å². The third kappa shape index (κ3) is 3.07. The van der Waals surface area contributed by atoms with Gasteiger partial charge in [-0.05, 0) is 25.0 Å². The number of benzene rings is 1. The van der Waals surface area contributed by atoms with Gasteiger partial charge < -0.3 is 10.6 Å². The average molecular weight is 272 g/mol. The topological polar surface area (TPSA) is 46.3 Å². The maximum Gasteiger partial charge on any atom is 0.417 e. The fourth-order valence-electron chi connectivity index (χ4n) is 2.19. The van der Waals surface area contributed by atoms with Gasteiger partial charge >= 0.3 is 6.18 Å². The van der Waals surface area contributed by atoms with Crippen LogP contribution in [0.5, 0.6) is 0 Å². The fraction of sp³-hybridized carbons (Fsp3) is 0.462. The summed E-state index contributed by atoms with van der Waals surface area (Å²) in [5.74, 6) is -0.570. The number of alkyl halides is 3. The van der Waals surface area contributed by atoms with E-state index in [0.29, 0.717) is 25.9 Å². The van der Waals surface area contributed by atoms with Crippen LogP contribution < -0.4 is 5.73 Å². The fourth-order valence-corrected chi connectivity index (χ4v) is 2.19. The van der Waals surface area contributed by atoms with Gasteiger partial charge in [0.1, 0.15) is 0 Å². The molecule has 1 heterocycles. The number of carbonyl (C=O) groups excluding carboxylic acids is 1. The zero-order valence-corrected chi connectivity index (χ0v) is 10.3. The summed E-state index contributed by atoms with van der Waals surface area (Å²) >= 11 is 0. The maximum atomic E-state index is 12.8. The Balaban J connectivity index is 2.24. The maximum absolute atomic E-state index is 12.8. The van der Waals surface area contributed by atoms with Crippen LogP contribution in [0.3, 0.4) is 0 Å². The molecule has 0 saturated carbocycles. The molecule has 1 aromatic carbocycles. The number of nitrogens with zero attached hydrogens (tertiary/aromatic N) is 1. The molecule has 2 rings (SSSR count). The number of rotatable bonds is 1. The van der Waals surface area contributed by atoms with E-state index >= 15 is 0 Å². The molecule has 19 heavy (non-hydrogen) atoms. The van der Waals surface area contributed by atoms with Crippen LogP contribution in [0.4, 0.5) is 13.2 Å². The predicted octanol–water partition coefficient (Wildman–Crippen LogP) is 2.27. The summed E-state index contributed by atoms with van der Waals surface area (Å²) < 4.78 is 38.5. The Morgan fingerprint density at radius 3 is 2.37 bits per heavy atom. The van der Waals surface area contributed by atoms with E-state index < -0.39 is 17.6 Å². The molecule has 2 N–H and O–H groups in total. The highest BCUT2D eigenvalue weighted by molar-refractivity contribution is 5.96. The second-order valence-electron chi connectivity index (χ2n) is 4.67. The normalized spacial score (nSPS) is 17.6. The standard InChI is InChI=1S/C13H15F3N2O/c14-13(15,16)11-4-2-1-3-10(11)12(19)18-7-5-9(17)6-8-18/h1-4,9H,5-8,17H2. The van der Waals surface area contributed by atoms with Crippen LogP contribution in [0.1, 0.15) is 28.8 Å². The van der Waals surface area contributed by atoms with E-state index in [0.717, 1.165) is 6.07 Å². The third-order valence-corrected chi connectivity index (χ3v) is 3.29. The number of likely N-dealkylation sites (tertiary alicyclic amines) is 1. The first-order valence-corrected chi connectivity index (χ1v) is 6.10. The SMILES string of the molecule is NC1CCN(C(=O)c2ccccc2C(F)(F)F)CC1. The molecular formula is C13H15F3N2O. The smallest absolute Gasteiger partial charge is 0.339 e. The van der Waals surface area contributed by atoms with Crippen molar-refractivity contribution < 1.29 is 18.0 Å². The van der Waals surface area contributed by atoms with E-state index in [1.807, 2.05) is 0 Å². The molecule has 0 radical (unpaired) electrons. The van der Waals surface area contributed by atoms with Crippen molar-refractivity contribution in [2.45, 2.75) is 25.1 Å². The molecule has 3 nitrogen and oxygen atoms in total. The Labute approximate surface area is 109 Å². The largest absolute Gasteiger partial charge is 0.417 e. The Morgan fingerprint density at radius 2 is 1.79 bits per heavy atom. The zero-order chi connectivity index (χ0) is 14.0. The van der Waals surface area contributed by atoms with Crippen LogP contribution in [0.25, 0.3) is 0 Å². The van der Waals surface area contributed by atoms with Crippen molar-refractivity contribution in [1.82, 2.24) is 4.90 Å². The number of piperidine rings is 1. The lowest BCUT2D eigenvalue weighted by molar-refractivity contribution is -0.138. The lowest BCUT2D eigenvalue weighted by Crippen LogP contribution is -2.43. The van der Waals surface area contributed by atoms with Crippen LogP contribution in [-0.4, -0.2) is 29.9 Å². The first kappa shape index (κ1) is 13.9. The minimum Gasteiger partial charge on any atom is -0.339 e. The van der Waals surface area contributed by atoms with Crippen molar-refractivity contribution in [3.8, 4) is 0 Å². The molecule has 1 aliphatic rings. The van der Waals surface area contributed by atoms with Crippen LogP contribution >= 0.6 is 0 Å². The van der Waals surface area contributed by atoms with Crippen LogP contribution in [0.2, 0.25) is 0 Å². The highest BCUT2D eigenvalue weighted by Gasteiger charge is 2.36. The summed E-state index contributed by atoms with van der Waals surface area (Å²) in [4.78, 5) is 13.6. The van der Waals surface area contributed by atoms with Gasteiger partial charge in [0.2, 0.25) is 0 Å². The molecule has 104 valence electrons. The first-order chi connectivity index (χ1) is 8.89. The van der Waals surface area contributed by atoms with Gasteiger partial charge in [-0.2, -0.15) is 13.2 Å². The van der Waals surface area contributed by atoms with Crippen molar-refractivity contribution >= 4 is 5.91 Å². The summed E-state index contributed by atoms with van der Waals surface area (Å²) in [6, 6.07) is 4.91. The minimum absolute atomic E-state index is 0.0295. The molecule has 0 unspecified atom stereocenters. The number of hydrogen-bond acceptors (Lipinski definition) is 2. The zero-order valence-electron chi connectivity index (χ0n) is 10.3. The monoisotopic (exact) mass is 272 g/mol. The Hall–Kier alpha value is -1.56. The van der Waals surface area contributed by atoms with Crippen LogP contribution in [0, 0.1) is 0 Å². The molecule has 6 heteroatoms. The molecule has 0 atom stereocenters. The summed E-state index contributed by atoms with van der Waals surface area (Å²) in [7, 11) is 0. The summed E-state index contributed by atoms with van der Waals surface area (Å²) in [6.07, 6.45) is -3.27. The lowest BCUT2D eigenvalue weighted by atomic mass is 10.0. The number of nitrogens with two attached hydrogens (primary N) is 1. The second-order valence-corrected chi connectivity index (χ2v) is 4.67. The number of carbonyl (C=O) groups is 1. The van der Waals surface area contributed by atoms with E-state index in [1.54, 1.807) is 0 Å². The lowest BCUT2D eigenvalue weighted by Gasteiger charge is -2.30. The van der Waals surface area contributed by atoms with Gasteiger partial charge in [0, 0.05) is 19.1 Å². The predicted molar refractivity (Wildman–Crippen MR) is 64.6 cm³/mol. The van der Waals surface area contributed by atoms with Crippen molar-refractivity contribution in [3.05, 3.63) is 35.4 Å². The molecule has 1 aromatic rings. The number of halogens is 3. The van der Waals surface area contributed by atoms with Crippen LogP contribution in [0.15, 0.2) is 24.3 Å². The Kier molecular flexibility index (Phi) is 3.80. The van der Waals surface area contributed by atoms with E-state index in [1.165, 1.54) is 23.1 Å². The Morgan fingerprint density at radius 1 is 1.21 bits per heavy atom. The minimum atomic E-state index is -4.52. The van der Waals surface area contributed by atoms with Gasteiger partial charge in [-0.15, -0.1) is 0 Å². The molecule has 1 aliphatic heterocycles. The highest BCUT2D eigenvalue weighted by Crippen LogP contribution is 2.32. The molecule has 0 bridgehead atoms. The molecule has 1 saturated heterocycles. The van der Waals surface area contributed by atoms with E-state index in [9.17, 15) is 18.0 Å². The highest BCUT2D eigenvalue weighted by atomic mass is 19.4. The molecule has 1 fully saturated rings. The van der Waals surface area contributed by atoms with Crippen LogP contribution in [-0.2, 0) is 6.18 Å².